The number of aliphatic hydroxyl groups is 1. The maximum atomic E-state index is 11.4. The summed E-state index contributed by atoms with van der Waals surface area (Å²) in [5.41, 5.74) is 0.606. The van der Waals surface area contributed by atoms with E-state index in [0.717, 1.165) is 0 Å². The molecule has 0 fully saturated rings. The Morgan fingerprint density at radius 1 is 1.44 bits per heavy atom. The van der Waals surface area contributed by atoms with Crippen molar-refractivity contribution in [2.24, 2.45) is 0 Å². The zero-order valence-electron chi connectivity index (χ0n) is 9.54. The van der Waals surface area contributed by atoms with Gasteiger partial charge in [-0.15, -0.1) is 0 Å². The minimum atomic E-state index is -1.19. The van der Waals surface area contributed by atoms with E-state index in [4.69, 9.17) is 10.2 Å². The number of carbonyl (C=O) groups excluding carboxylic acids is 1. The second-order valence-corrected chi connectivity index (χ2v) is 3.43. The molecule has 1 atom stereocenters. The Kier molecular flexibility index (Phi) is 5.52. The highest BCUT2D eigenvalue weighted by atomic mass is 16.4. The molecule has 0 aliphatic heterocycles. The van der Waals surface area contributed by atoms with Gasteiger partial charge in [0.2, 0.25) is 0 Å². The molecule has 0 radical (unpaired) electrons. The lowest BCUT2D eigenvalue weighted by Crippen LogP contribution is -2.46. The first-order chi connectivity index (χ1) is 8.63. The third kappa shape index (κ3) is 4.74. The van der Waals surface area contributed by atoms with Crippen molar-refractivity contribution in [1.29, 1.82) is 0 Å². The van der Waals surface area contributed by atoms with Crippen molar-refractivity contribution in [2.45, 2.75) is 19.0 Å². The van der Waals surface area contributed by atoms with Crippen molar-refractivity contribution < 1.29 is 19.8 Å². The maximum absolute atomic E-state index is 11.4. The van der Waals surface area contributed by atoms with Crippen molar-refractivity contribution in [3.05, 3.63) is 24.3 Å². The van der Waals surface area contributed by atoms with E-state index in [1.165, 1.54) is 12.5 Å². The normalized spacial score (nSPS) is 11.6. The number of aliphatic hydroxyl groups excluding tert-OH is 1. The molecule has 0 saturated carbocycles. The Morgan fingerprint density at radius 2 is 2.22 bits per heavy atom. The van der Waals surface area contributed by atoms with Crippen molar-refractivity contribution in [3.63, 3.8) is 0 Å². The monoisotopic (exact) mass is 254 g/mol. The first-order valence-corrected chi connectivity index (χ1v) is 5.26. The van der Waals surface area contributed by atoms with E-state index < -0.39 is 18.0 Å². The molecule has 0 spiro atoms. The molecule has 1 rings (SSSR count). The van der Waals surface area contributed by atoms with Gasteiger partial charge in [-0.3, -0.25) is 0 Å². The molecule has 1 heterocycles. The standard InChI is InChI=1S/C10H14N4O4/c15-4-2-8(9(16)17)14-10(18)12-5-7-1-3-11-6-13-7/h1,3,6,8,15H,2,4-5H2,(H,16,17)(H2,12,14,18)/t8-/m0/s1. The van der Waals surface area contributed by atoms with Gasteiger partial charge in [-0.05, 0) is 6.07 Å². The van der Waals surface area contributed by atoms with E-state index in [0.29, 0.717) is 5.69 Å². The van der Waals surface area contributed by atoms with Crippen LogP contribution in [0.25, 0.3) is 0 Å². The number of rotatable bonds is 6. The summed E-state index contributed by atoms with van der Waals surface area (Å²) in [6, 6.07) is -0.113. The van der Waals surface area contributed by atoms with Gasteiger partial charge in [-0.25, -0.2) is 19.6 Å². The van der Waals surface area contributed by atoms with Crippen LogP contribution in [-0.2, 0) is 11.3 Å². The number of carbonyl (C=O) groups is 2. The highest BCUT2D eigenvalue weighted by Crippen LogP contribution is 1.93. The topological polar surface area (TPSA) is 124 Å². The predicted molar refractivity (Wildman–Crippen MR) is 60.5 cm³/mol. The summed E-state index contributed by atoms with van der Waals surface area (Å²) in [6.07, 6.45) is 2.84. The number of nitrogens with zero attached hydrogens (tertiary/aromatic N) is 2. The lowest BCUT2D eigenvalue weighted by atomic mass is 10.2. The summed E-state index contributed by atoms with van der Waals surface area (Å²) in [6.45, 7) is -0.150. The van der Waals surface area contributed by atoms with Crippen molar-refractivity contribution in [2.75, 3.05) is 6.61 Å². The number of hydrogen-bond acceptors (Lipinski definition) is 5. The lowest BCUT2D eigenvalue weighted by molar-refractivity contribution is -0.139. The molecule has 0 bridgehead atoms. The second kappa shape index (κ2) is 7.17. The first-order valence-electron chi connectivity index (χ1n) is 5.26. The smallest absolute Gasteiger partial charge is 0.326 e. The molecule has 98 valence electrons. The van der Waals surface area contributed by atoms with Gasteiger partial charge in [0.15, 0.2) is 0 Å². The van der Waals surface area contributed by atoms with Gasteiger partial charge in [-0.2, -0.15) is 0 Å². The predicted octanol–water partition coefficient (Wildman–Crippen LogP) is -0.889. The fourth-order valence-corrected chi connectivity index (χ4v) is 1.19. The Hall–Kier alpha value is -2.22. The summed E-state index contributed by atoms with van der Waals surface area (Å²) in [4.78, 5) is 29.7. The highest BCUT2D eigenvalue weighted by Gasteiger charge is 2.18. The van der Waals surface area contributed by atoms with E-state index in [2.05, 4.69) is 20.6 Å². The first kappa shape index (κ1) is 13.8. The fourth-order valence-electron chi connectivity index (χ4n) is 1.19. The molecule has 2 amide bonds. The van der Waals surface area contributed by atoms with Crippen LogP contribution < -0.4 is 10.6 Å². The second-order valence-electron chi connectivity index (χ2n) is 3.43. The lowest BCUT2D eigenvalue weighted by Gasteiger charge is -2.13. The Morgan fingerprint density at radius 3 is 2.78 bits per heavy atom. The average molecular weight is 254 g/mol. The zero-order chi connectivity index (χ0) is 13.4. The van der Waals surface area contributed by atoms with Gasteiger partial charge in [0.1, 0.15) is 12.4 Å². The van der Waals surface area contributed by atoms with E-state index >= 15 is 0 Å². The Labute approximate surface area is 103 Å². The van der Waals surface area contributed by atoms with Crippen LogP contribution in [0.1, 0.15) is 12.1 Å². The Balaban J connectivity index is 2.39. The third-order valence-electron chi connectivity index (χ3n) is 2.09. The van der Waals surface area contributed by atoms with Gasteiger partial charge in [0, 0.05) is 19.2 Å². The number of hydrogen-bond donors (Lipinski definition) is 4. The molecule has 1 aromatic rings. The summed E-state index contributed by atoms with van der Waals surface area (Å²) in [5, 5.41) is 22.1. The molecule has 0 aliphatic rings. The van der Waals surface area contributed by atoms with E-state index in [9.17, 15) is 9.59 Å². The summed E-state index contributed by atoms with van der Waals surface area (Å²) >= 11 is 0. The molecule has 0 aliphatic carbocycles. The number of amides is 2. The van der Waals surface area contributed by atoms with Crippen molar-refractivity contribution >= 4 is 12.0 Å². The summed E-state index contributed by atoms with van der Waals surface area (Å²) in [5.74, 6) is -1.19. The van der Waals surface area contributed by atoms with E-state index in [1.807, 2.05) is 0 Å². The van der Waals surface area contributed by atoms with E-state index in [1.54, 1.807) is 6.07 Å². The summed E-state index contributed by atoms with van der Waals surface area (Å²) in [7, 11) is 0. The largest absolute Gasteiger partial charge is 0.480 e. The molecule has 18 heavy (non-hydrogen) atoms. The van der Waals surface area contributed by atoms with Gasteiger partial charge in [0.05, 0.1) is 12.2 Å². The number of aromatic nitrogens is 2. The van der Waals surface area contributed by atoms with Crippen LogP contribution in [0, 0.1) is 0 Å². The van der Waals surface area contributed by atoms with Gasteiger partial charge >= 0.3 is 12.0 Å². The van der Waals surface area contributed by atoms with Crippen LogP contribution in [0.5, 0.6) is 0 Å². The number of urea groups is 1. The minimum absolute atomic E-state index is 0.0454. The van der Waals surface area contributed by atoms with Crippen LogP contribution in [0.4, 0.5) is 4.79 Å². The van der Waals surface area contributed by atoms with Crippen LogP contribution in [0.15, 0.2) is 18.6 Å². The minimum Gasteiger partial charge on any atom is -0.480 e. The number of aliphatic carboxylic acids is 1. The SMILES string of the molecule is O=C(NCc1ccncn1)N[C@@H](CCO)C(=O)O. The molecule has 0 saturated heterocycles. The van der Waals surface area contributed by atoms with Gasteiger partial charge < -0.3 is 20.8 Å². The van der Waals surface area contributed by atoms with Crippen molar-refractivity contribution in [3.8, 4) is 0 Å². The van der Waals surface area contributed by atoms with Crippen LogP contribution >= 0.6 is 0 Å². The molecule has 8 nitrogen and oxygen atoms in total. The molecule has 8 heteroatoms. The molecule has 4 N–H and O–H groups in total. The van der Waals surface area contributed by atoms with Crippen LogP contribution in [0.3, 0.4) is 0 Å². The zero-order valence-corrected chi connectivity index (χ0v) is 9.54. The number of carboxylic acids is 1. The Bertz CT molecular complexity index is 398. The van der Waals surface area contributed by atoms with Crippen molar-refractivity contribution in [1.82, 2.24) is 20.6 Å². The molecule has 1 aromatic heterocycles. The average Bonchev–Trinajstić information content (AvgIpc) is 2.37. The molecule has 0 aromatic carbocycles. The quantitative estimate of drug-likeness (QED) is 0.522. The van der Waals surface area contributed by atoms with Crippen LogP contribution in [0.2, 0.25) is 0 Å². The molecular formula is C10H14N4O4. The fraction of sp³-hybridized carbons (Fsp3) is 0.400. The van der Waals surface area contributed by atoms with E-state index in [-0.39, 0.29) is 19.6 Å². The maximum Gasteiger partial charge on any atom is 0.326 e. The van der Waals surface area contributed by atoms with Gasteiger partial charge in [-0.1, -0.05) is 0 Å². The third-order valence-corrected chi connectivity index (χ3v) is 2.09. The number of nitrogens with one attached hydrogen (secondary N) is 2. The van der Waals surface area contributed by atoms with Crippen LogP contribution in [-0.4, -0.2) is 44.8 Å². The highest BCUT2D eigenvalue weighted by molar-refractivity contribution is 5.82. The number of carboxylic acid groups (broad SMARTS) is 1. The van der Waals surface area contributed by atoms with Gasteiger partial charge in [0.25, 0.3) is 0 Å². The molecule has 0 unspecified atom stereocenters. The molecular weight excluding hydrogens is 240 g/mol. The summed E-state index contributed by atoms with van der Waals surface area (Å²) < 4.78 is 0.